The fourth-order valence-corrected chi connectivity index (χ4v) is 2.29. The lowest BCUT2D eigenvalue weighted by Gasteiger charge is -2.24. The van der Waals surface area contributed by atoms with Crippen LogP contribution in [0.1, 0.15) is 18.4 Å². The molecule has 1 atom stereocenters. The Labute approximate surface area is 91.5 Å². The van der Waals surface area contributed by atoms with E-state index in [0.29, 0.717) is 6.04 Å². The molecular weight excluding hydrogens is 186 g/mol. The van der Waals surface area contributed by atoms with Gasteiger partial charge in [0.2, 0.25) is 0 Å². The molecule has 2 heterocycles. The van der Waals surface area contributed by atoms with E-state index in [1.165, 1.54) is 24.9 Å². The minimum absolute atomic E-state index is 0.711. The topological polar surface area (TPSA) is 28.2 Å². The van der Waals surface area contributed by atoms with Crippen LogP contribution in [0, 0.1) is 0 Å². The zero-order valence-electron chi connectivity index (χ0n) is 9.32. The molecule has 3 heteroatoms. The van der Waals surface area contributed by atoms with Crippen LogP contribution in [0.15, 0.2) is 24.5 Å². The van der Waals surface area contributed by atoms with E-state index >= 15 is 0 Å². The molecule has 0 spiro atoms. The molecule has 0 aliphatic carbocycles. The van der Waals surface area contributed by atoms with Crippen molar-refractivity contribution in [2.75, 3.05) is 20.1 Å². The summed E-state index contributed by atoms with van der Waals surface area (Å²) < 4.78 is 0. The van der Waals surface area contributed by atoms with Crippen molar-refractivity contribution in [1.82, 2.24) is 15.2 Å². The first kappa shape index (κ1) is 10.6. The molecule has 0 amide bonds. The molecule has 82 valence electrons. The molecule has 0 bridgehead atoms. The predicted octanol–water partition coefficient (Wildman–Crippen LogP) is 1.27. The molecule has 1 fully saturated rings. The number of aromatic nitrogens is 1. The van der Waals surface area contributed by atoms with E-state index in [1.54, 1.807) is 0 Å². The van der Waals surface area contributed by atoms with Gasteiger partial charge in [0.15, 0.2) is 0 Å². The van der Waals surface area contributed by atoms with Crippen molar-refractivity contribution in [2.45, 2.75) is 25.4 Å². The van der Waals surface area contributed by atoms with Gasteiger partial charge in [-0.2, -0.15) is 0 Å². The summed E-state index contributed by atoms with van der Waals surface area (Å²) in [5.41, 5.74) is 1.37. The van der Waals surface area contributed by atoms with E-state index in [1.807, 2.05) is 19.4 Å². The highest BCUT2D eigenvalue weighted by Crippen LogP contribution is 2.18. The first-order chi connectivity index (χ1) is 7.40. The third-order valence-corrected chi connectivity index (χ3v) is 3.07. The lowest BCUT2D eigenvalue weighted by molar-refractivity contribution is 0.242. The van der Waals surface area contributed by atoms with Crippen molar-refractivity contribution in [1.29, 1.82) is 0 Å². The SMILES string of the molecule is CNCC1CCCN1Cc1ccncc1. The van der Waals surface area contributed by atoms with Gasteiger partial charge in [0, 0.05) is 31.5 Å². The summed E-state index contributed by atoms with van der Waals surface area (Å²) in [6, 6.07) is 4.92. The van der Waals surface area contributed by atoms with E-state index in [0.717, 1.165) is 13.1 Å². The Balaban J connectivity index is 1.93. The summed E-state index contributed by atoms with van der Waals surface area (Å²) in [6.07, 6.45) is 6.40. The summed E-state index contributed by atoms with van der Waals surface area (Å²) in [5.74, 6) is 0. The molecule has 2 rings (SSSR count). The van der Waals surface area contributed by atoms with Crippen molar-refractivity contribution >= 4 is 0 Å². The molecule has 0 saturated carbocycles. The summed E-state index contributed by atoms with van der Waals surface area (Å²) in [4.78, 5) is 6.61. The molecule has 15 heavy (non-hydrogen) atoms. The zero-order chi connectivity index (χ0) is 10.5. The van der Waals surface area contributed by atoms with Gasteiger partial charge in [-0.05, 0) is 44.1 Å². The van der Waals surface area contributed by atoms with Crippen molar-refractivity contribution in [2.24, 2.45) is 0 Å². The molecule has 1 aliphatic rings. The van der Waals surface area contributed by atoms with Crippen LogP contribution in [0.2, 0.25) is 0 Å². The second kappa shape index (κ2) is 5.24. The number of hydrogen-bond donors (Lipinski definition) is 1. The van der Waals surface area contributed by atoms with Crippen molar-refractivity contribution < 1.29 is 0 Å². The summed E-state index contributed by atoms with van der Waals surface area (Å²) in [5, 5.41) is 3.27. The Morgan fingerprint density at radius 2 is 2.27 bits per heavy atom. The summed E-state index contributed by atoms with van der Waals surface area (Å²) in [6.45, 7) is 3.40. The van der Waals surface area contributed by atoms with Crippen LogP contribution in [-0.4, -0.2) is 36.1 Å². The fourth-order valence-electron chi connectivity index (χ4n) is 2.29. The predicted molar refractivity (Wildman–Crippen MR) is 61.6 cm³/mol. The molecule has 3 nitrogen and oxygen atoms in total. The fraction of sp³-hybridized carbons (Fsp3) is 0.583. The Bertz CT molecular complexity index is 286. The van der Waals surface area contributed by atoms with E-state index in [2.05, 4.69) is 27.3 Å². The molecule has 1 saturated heterocycles. The highest BCUT2D eigenvalue weighted by Gasteiger charge is 2.23. The van der Waals surface area contributed by atoms with Crippen LogP contribution in [0.5, 0.6) is 0 Å². The first-order valence-corrected chi connectivity index (χ1v) is 5.67. The first-order valence-electron chi connectivity index (χ1n) is 5.67. The van der Waals surface area contributed by atoms with Gasteiger partial charge in [0.1, 0.15) is 0 Å². The molecule has 0 radical (unpaired) electrons. The summed E-state index contributed by atoms with van der Waals surface area (Å²) in [7, 11) is 2.03. The smallest absolute Gasteiger partial charge is 0.0271 e. The Hall–Kier alpha value is -0.930. The maximum atomic E-state index is 4.04. The number of pyridine rings is 1. The summed E-state index contributed by atoms with van der Waals surface area (Å²) >= 11 is 0. The average Bonchev–Trinajstić information content (AvgIpc) is 2.68. The van der Waals surface area contributed by atoms with E-state index < -0.39 is 0 Å². The molecule has 1 aliphatic heterocycles. The maximum absolute atomic E-state index is 4.04. The highest BCUT2D eigenvalue weighted by molar-refractivity contribution is 5.10. The van der Waals surface area contributed by atoms with Gasteiger partial charge in [-0.1, -0.05) is 0 Å². The molecular formula is C12H19N3. The van der Waals surface area contributed by atoms with Gasteiger partial charge < -0.3 is 5.32 Å². The van der Waals surface area contributed by atoms with E-state index in [-0.39, 0.29) is 0 Å². The standard InChI is InChI=1S/C12H19N3/c1-13-9-12-3-2-8-15(12)10-11-4-6-14-7-5-11/h4-7,12-13H,2-3,8-10H2,1H3. The van der Waals surface area contributed by atoms with Crippen molar-refractivity contribution in [3.63, 3.8) is 0 Å². The number of likely N-dealkylation sites (tertiary alicyclic amines) is 1. The minimum Gasteiger partial charge on any atom is -0.318 e. The number of hydrogen-bond acceptors (Lipinski definition) is 3. The van der Waals surface area contributed by atoms with Crippen LogP contribution in [0.3, 0.4) is 0 Å². The maximum Gasteiger partial charge on any atom is 0.0271 e. The van der Waals surface area contributed by atoms with Crippen LogP contribution in [0.4, 0.5) is 0 Å². The number of nitrogens with zero attached hydrogens (tertiary/aromatic N) is 2. The van der Waals surface area contributed by atoms with Crippen molar-refractivity contribution in [3.8, 4) is 0 Å². The van der Waals surface area contributed by atoms with Gasteiger partial charge >= 0.3 is 0 Å². The van der Waals surface area contributed by atoms with Gasteiger partial charge in [0.25, 0.3) is 0 Å². The molecule has 1 aromatic heterocycles. The zero-order valence-corrected chi connectivity index (χ0v) is 9.32. The number of rotatable bonds is 4. The second-order valence-corrected chi connectivity index (χ2v) is 4.18. The Morgan fingerprint density at radius 1 is 1.47 bits per heavy atom. The quantitative estimate of drug-likeness (QED) is 0.802. The lowest BCUT2D eigenvalue weighted by Crippen LogP contribution is -2.36. The van der Waals surface area contributed by atoms with Crippen LogP contribution in [-0.2, 0) is 6.54 Å². The van der Waals surface area contributed by atoms with E-state index in [9.17, 15) is 0 Å². The Kier molecular flexibility index (Phi) is 3.69. The van der Waals surface area contributed by atoms with Gasteiger partial charge in [0.05, 0.1) is 0 Å². The van der Waals surface area contributed by atoms with Crippen LogP contribution < -0.4 is 5.32 Å². The van der Waals surface area contributed by atoms with Gasteiger partial charge in [-0.15, -0.1) is 0 Å². The van der Waals surface area contributed by atoms with Crippen LogP contribution >= 0.6 is 0 Å². The number of likely N-dealkylation sites (N-methyl/N-ethyl adjacent to an activating group) is 1. The third-order valence-electron chi connectivity index (χ3n) is 3.07. The Morgan fingerprint density at radius 3 is 3.00 bits per heavy atom. The van der Waals surface area contributed by atoms with Gasteiger partial charge in [-0.3, -0.25) is 9.88 Å². The van der Waals surface area contributed by atoms with Crippen LogP contribution in [0.25, 0.3) is 0 Å². The molecule has 0 aromatic carbocycles. The third kappa shape index (κ3) is 2.76. The van der Waals surface area contributed by atoms with E-state index in [4.69, 9.17) is 0 Å². The lowest BCUT2D eigenvalue weighted by atomic mass is 10.2. The average molecular weight is 205 g/mol. The monoisotopic (exact) mass is 205 g/mol. The van der Waals surface area contributed by atoms with Crippen molar-refractivity contribution in [3.05, 3.63) is 30.1 Å². The molecule has 1 aromatic rings. The van der Waals surface area contributed by atoms with Gasteiger partial charge in [-0.25, -0.2) is 0 Å². The normalized spacial score (nSPS) is 22.1. The molecule has 1 unspecified atom stereocenters. The highest BCUT2D eigenvalue weighted by atomic mass is 15.2. The number of nitrogens with one attached hydrogen (secondary N) is 1. The second-order valence-electron chi connectivity index (χ2n) is 4.18. The largest absolute Gasteiger partial charge is 0.318 e. The minimum atomic E-state index is 0.711. The molecule has 1 N–H and O–H groups in total.